The van der Waals surface area contributed by atoms with Crippen LogP contribution in [0.1, 0.15) is 28.9 Å². The van der Waals surface area contributed by atoms with Crippen LogP contribution in [0.25, 0.3) is 0 Å². The smallest absolute Gasteiger partial charge is 0.254 e. The number of benzene rings is 1. The van der Waals surface area contributed by atoms with Gasteiger partial charge in [-0.2, -0.15) is 0 Å². The van der Waals surface area contributed by atoms with E-state index in [1.165, 1.54) is 12.3 Å². The number of nitrogens with one attached hydrogen (secondary N) is 2. The van der Waals surface area contributed by atoms with Crippen molar-refractivity contribution in [3.05, 3.63) is 58.5 Å². The number of nitrogens with two attached hydrogens (primary N) is 1. The van der Waals surface area contributed by atoms with Crippen molar-refractivity contribution in [2.75, 3.05) is 5.43 Å². The second kappa shape index (κ2) is 6.51. The van der Waals surface area contributed by atoms with E-state index in [1.807, 2.05) is 6.07 Å². The molecule has 0 aliphatic heterocycles. The molecule has 2 aromatic rings. The quantitative estimate of drug-likeness (QED) is 0.599. The standard InChI is InChI=1S/C14H14ClFN4O/c1-8(9-4-2-3-5-11(9)15)19-14(21)10-6-7-18-13(20-17)12(10)16/h2-8H,17H2,1H3,(H,18,20)(H,19,21). The third-order valence-corrected chi connectivity index (χ3v) is 3.33. The summed E-state index contributed by atoms with van der Waals surface area (Å²) in [7, 11) is 0. The van der Waals surface area contributed by atoms with Gasteiger partial charge in [-0.3, -0.25) is 4.79 Å². The summed E-state index contributed by atoms with van der Waals surface area (Å²) in [5.41, 5.74) is 2.70. The molecule has 0 fully saturated rings. The van der Waals surface area contributed by atoms with E-state index in [4.69, 9.17) is 17.4 Å². The van der Waals surface area contributed by atoms with E-state index in [0.717, 1.165) is 5.56 Å². The summed E-state index contributed by atoms with van der Waals surface area (Å²) >= 11 is 6.07. The minimum absolute atomic E-state index is 0.142. The van der Waals surface area contributed by atoms with Crippen LogP contribution >= 0.6 is 11.6 Å². The molecule has 1 heterocycles. The van der Waals surface area contributed by atoms with Crippen LogP contribution in [0.3, 0.4) is 0 Å². The van der Waals surface area contributed by atoms with Crippen molar-refractivity contribution in [2.45, 2.75) is 13.0 Å². The number of nitrogens with zero attached hydrogens (tertiary/aromatic N) is 1. The zero-order valence-electron chi connectivity index (χ0n) is 11.2. The minimum Gasteiger partial charge on any atom is -0.345 e. The maximum absolute atomic E-state index is 14.0. The zero-order chi connectivity index (χ0) is 15.4. The molecule has 0 radical (unpaired) electrons. The van der Waals surface area contributed by atoms with Crippen LogP contribution in [0.2, 0.25) is 5.02 Å². The number of nitrogen functional groups attached to an aromatic ring is 1. The fourth-order valence-corrected chi connectivity index (χ4v) is 2.20. The maximum atomic E-state index is 14.0. The van der Waals surface area contributed by atoms with Crippen molar-refractivity contribution < 1.29 is 9.18 Å². The van der Waals surface area contributed by atoms with Gasteiger partial charge in [-0.15, -0.1) is 0 Å². The number of halogens is 2. The van der Waals surface area contributed by atoms with Crippen molar-refractivity contribution in [2.24, 2.45) is 5.84 Å². The first-order valence-electron chi connectivity index (χ1n) is 6.21. The Balaban J connectivity index is 2.21. The average molecular weight is 309 g/mol. The molecule has 0 saturated heterocycles. The molecule has 0 aliphatic rings. The summed E-state index contributed by atoms with van der Waals surface area (Å²) in [6.45, 7) is 1.76. The van der Waals surface area contributed by atoms with Crippen molar-refractivity contribution in [3.8, 4) is 0 Å². The molecule has 1 atom stereocenters. The van der Waals surface area contributed by atoms with Crippen LogP contribution in [-0.2, 0) is 0 Å². The van der Waals surface area contributed by atoms with Crippen LogP contribution in [0, 0.1) is 5.82 Å². The number of carbonyl (C=O) groups excluding carboxylic acids is 1. The van der Waals surface area contributed by atoms with Crippen LogP contribution in [0.15, 0.2) is 36.5 Å². The molecular weight excluding hydrogens is 295 g/mol. The third-order valence-electron chi connectivity index (χ3n) is 2.99. The van der Waals surface area contributed by atoms with Crippen LogP contribution in [0.5, 0.6) is 0 Å². The molecule has 110 valence electrons. The highest BCUT2D eigenvalue weighted by atomic mass is 35.5. The van der Waals surface area contributed by atoms with Gasteiger partial charge in [-0.1, -0.05) is 29.8 Å². The predicted molar refractivity (Wildman–Crippen MR) is 79.3 cm³/mol. The number of hydrogen-bond acceptors (Lipinski definition) is 4. The van der Waals surface area contributed by atoms with Gasteiger partial charge >= 0.3 is 0 Å². The molecule has 2 rings (SSSR count). The minimum atomic E-state index is -0.802. The van der Waals surface area contributed by atoms with E-state index in [9.17, 15) is 9.18 Å². The maximum Gasteiger partial charge on any atom is 0.254 e. The van der Waals surface area contributed by atoms with E-state index in [-0.39, 0.29) is 17.4 Å². The van der Waals surface area contributed by atoms with Gasteiger partial charge in [0.25, 0.3) is 5.91 Å². The zero-order valence-corrected chi connectivity index (χ0v) is 12.0. The summed E-state index contributed by atoms with van der Waals surface area (Å²) < 4.78 is 14.0. The van der Waals surface area contributed by atoms with E-state index in [0.29, 0.717) is 5.02 Å². The largest absolute Gasteiger partial charge is 0.345 e. The summed E-state index contributed by atoms with van der Waals surface area (Å²) in [5, 5.41) is 3.22. The Kier molecular flexibility index (Phi) is 4.72. The first kappa shape index (κ1) is 15.2. The van der Waals surface area contributed by atoms with Crippen LogP contribution in [-0.4, -0.2) is 10.9 Å². The number of hydrogen-bond donors (Lipinski definition) is 3. The fourth-order valence-electron chi connectivity index (χ4n) is 1.90. The third kappa shape index (κ3) is 3.29. The highest BCUT2D eigenvalue weighted by Gasteiger charge is 2.18. The van der Waals surface area contributed by atoms with Crippen LogP contribution in [0.4, 0.5) is 10.2 Å². The molecule has 1 unspecified atom stereocenters. The second-order valence-corrected chi connectivity index (χ2v) is 4.79. The summed E-state index contributed by atoms with van der Waals surface area (Å²) in [6.07, 6.45) is 1.30. The van der Waals surface area contributed by atoms with E-state index in [1.54, 1.807) is 25.1 Å². The SMILES string of the molecule is CC(NC(=O)c1ccnc(NN)c1F)c1ccccc1Cl. The highest BCUT2D eigenvalue weighted by molar-refractivity contribution is 6.31. The Morgan fingerprint density at radius 1 is 1.38 bits per heavy atom. The summed E-state index contributed by atoms with van der Waals surface area (Å²) in [5.74, 6) is 3.57. The molecule has 0 bridgehead atoms. The van der Waals surface area contributed by atoms with E-state index in [2.05, 4.69) is 15.7 Å². The lowest BCUT2D eigenvalue weighted by molar-refractivity contribution is 0.0936. The number of carbonyl (C=O) groups is 1. The highest BCUT2D eigenvalue weighted by Crippen LogP contribution is 2.23. The molecule has 1 aromatic carbocycles. The number of amides is 1. The van der Waals surface area contributed by atoms with Crippen molar-refractivity contribution in [1.29, 1.82) is 0 Å². The number of pyridine rings is 1. The molecule has 0 spiro atoms. The molecule has 0 aliphatic carbocycles. The van der Waals surface area contributed by atoms with Gasteiger partial charge in [-0.25, -0.2) is 15.2 Å². The number of anilines is 1. The molecule has 1 aromatic heterocycles. The Bertz CT molecular complexity index is 665. The Morgan fingerprint density at radius 3 is 2.76 bits per heavy atom. The Morgan fingerprint density at radius 2 is 2.10 bits per heavy atom. The van der Waals surface area contributed by atoms with Gasteiger partial charge in [0, 0.05) is 11.2 Å². The predicted octanol–water partition coefficient (Wildman–Crippen LogP) is 2.65. The molecule has 1 amide bonds. The summed E-state index contributed by atoms with van der Waals surface area (Å²) in [6, 6.07) is 8.04. The Hall–Kier alpha value is -2.18. The molecule has 7 heteroatoms. The average Bonchev–Trinajstić information content (AvgIpc) is 2.47. The lowest BCUT2D eigenvalue weighted by atomic mass is 10.1. The first-order valence-corrected chi connectivity index (χ1v) is 6.58. The molecule has 5 nitrogen and oxygen atoms in total. The number of aromatic nitrogens is 1. The van der Waals surface area contributed by atoms with Gasteiger partial charge < -0.3 is 10.7 Å². The van der Waals surface area contributed by atoms with E-state index >= 15 is 0 Å². The fraction of sp³-hybridized carbons (Fsp3) is 0.143. The molecule has 0 saturated carbocycles. The lowest BCUT2D eigenvalue weighted by Crippen LogP contribution is -2.28. The number of hydrazine groups is 1. The number of rotatable bonds is 4. The van der Waals surface area contributed by atoms with Gasteiger partial charge in [-0.05, 0) is 24.6 Å². The molecule has 4 N–H and O–H groups in total. The van der Waals surface area contributed by atoms with Crippen molar-refractivity contribution in [3.63, 3.8) is 0 Å². The topological polar surface area (TPSA) is 80.0 Å². The molecule has 21 heavy (non-hydrogen) atoms. The molecular formula is C14H14ClFN4O. The van der Waals surface area contributed by atoms with E-state index < -0.39 is 11.7 Å². The normalized spacial score (nSPS) is 11.8. The van der Waals surface area contributed by atoms with Crippen molar-refractivity contribution >= 4 is 23.3 Å². The van der Waals surface area contributed by atoms with Gasteiger partial charge in [0.15, 0.2) is 11.6 Å². The second-order valence-electron chi connectivity index (χ2n) is 4.38. The Labute approximate surface area is 126 Å². The monoisotopic (exact) mass is 308 g/mol. The summed E-state index contributed by atoms with van der Waals surface area (Å²) in [4.78, 5) is 15.8. The van der Waals surface area contributed by atoms with Crippen LogP contribution < -0.4 is 16.6 Å². The lowest BCUT2D eigenvalue weighted by Gasteiger charge is -2.16. The van der Waals surface area contributed by atoms with Gasteiger partial charge in [0.2, 0.25) is 0 Å². The van der Waals surface area contributed by atoms with Gasteiger partial charge in [0.1, 0.15) is 0 Å². The van der Waals surface area contributed by atoms with Gasteiger partial charge in [0.05, 0.1) is 11.6 Å². The first-order chi connectivity index (χ1) is 10.0. The van der Waals surface area contributed by atoms with Crippen molar-refractivity contribution in [1.82, 2.24) is 10.3 Å².